The van der Waals surface area contributed by atoms with Gasteiger partial charge in [-0.25, -0.2) is 23.7 Å². The van der Waals surface area contributed by atoms with Gasteiger partial charge in [-0.15, -0.1) is 0 Å². The number of hydrogen-bond donors (Lipinski definition) is 1. The number of halogens is 2. The Morgan fingerprint density at radius 1 is 1.09 bits per heavy atom. The molecule has 1 fully saturated rings. The first kappa shape index (κ1) is 22.5. The van der Waals surface area contributed by atoms with E-state index < -0.39 is 11.6 Å². The van der Waals surface area contributed by atoms with Gasteiger partial charge in [0, 0.05) is 23.8 Å². The third-order valence-electron chi connectivity index (χ3n) is 6.50. The predicted molar refractivity (Wildman–Crippen MR) is 127 cm³/mol. The minimum atomic E-state index is -0.630. The summed E-state index contributed by atoms with van der Waals surface area (Å²) in [5, 5.41) is 3.05. The fourth-order valence-electron chi connectivity index (χ4n) is 4.61. The summed E-state index contributed by atoms with van der Waals surface area (Å²) >= 11 is 0. The Hall–Kier alpha value is -3.27. The highest BCUT2D eigenvalue weighted by atomic mass is 19.1. The molecule has 1 saturated heterocycles. The highest BCUT2D eigenvalue weighted by Crippen LogP contribution is 2.39. The quantitative estimate of drug-likeness (QED) is 0.599. The van der Waals surface area contributed by atoms with Crippen LogP contribution in [-0.4, -0.2) is 63.7 Å². The van der Waals surface area contributed by atoms with Gasteiger partial charge >= 0.3 is 0 Å². The van der Waals surface area contributed by atoms with Gasteiger partial charge < -0.3 is 24.4 Å². The Morgan fingerprint density at radius 3 is 2.65 bits per heavy atom. The van der Waals surface area contributed by atoms with Gasteiger partial charge in [-0.05, 0) is 59.0 Å². The first-order valence-electron chi connectivity index (χ1n) is 11.6. The summed E-state index contributed by atoms with van der Waals surface area (Å²) < 4.78 is 37.3. The summed E-state index contributed by atoms with van der Waals surface area (Å²) in [6.07, 6.45) is 6.92. The van der Waals surface area contributed by atoms with Crippen molar-refractivity contribution in [1.29, 1.82) is 0 Å². The molecule has 4 heterocycles. The summed E-state index contributed by atoms with van der Waals surface area (Å²) in [5.41, 5.74) is 0.941. The van der Waals surface area contributed by atoms with Gasteiger partial charge in [-0.3, -0.25) is 0 Å². The summed E-state index contributed by atoms with van der Waals surface area (Å²) in [5.74, 6) is -0.208. The monoisotopic (exact) mass is 469 g/mol. The first-order valence-corrected chi connectivity index (χ1v) is 11.6. The molecule has 0 radical (unpaired) electrons. The van der Waals surface area contributed by atoms with E-state index in [1.807, 2.05) is 24.9 Å². The number of likely N-dealkylation sites (tertiary alicyclic amines) is 1. The Bertz CT molecular complexity index is 1170. The maximum atomic E-state index is 14.9. The van der Waals surface area contributed by atoms with E-state index in [0.29, 0.717) is 36.3 Å². The van der Waals surface area contributed by atoms with E-state index in [2.05, 4.69) is 36.8 Å². The van der Waals surface area contributed by atoms with Crippen LogP contribution in [0.15, 0.2) is 30.9 Å². The molecule has 2 aromatic heterocycles. The van der Waals surface area contributed by atoms with E-state index in [9.17, 15) is 8.78 Å². The lowest BCUT2D eigenvalue weighted by molar-refractivity contribution is 0.221. The van der Waals surface area contributed by atoms with Crippen molar-refractivity contribution < 1.29 is 13.5 Å². The van der Waals surface area contributed by atoms with Gasteiger partial charge in [0.05, 0.1) is 24.8 Å². The van der Waals surface area contributed by atoms with E-state index in [1.54, 1.807) is 12.4 Å². The number of fused-ring (bicyclic) bond motifs is 1. The molecule has 10 heteroatoms. The number of anilines is 3. The molecule has 0 atom stereocenters. The van der Waals surface area contributed by atoms with Crippen LogP contribution < -0.4 is 15.0 Å². The molecular formula is C24H29F2N7O. The van der Waals surface area contributed by atoms with Gasteiger partial charge in [0.15, 0.2) is 23.2 Å². The largest absolute Gasteiger partial charge is 0.486 e. The van der Waals surface area contributed by atoms with Crippen LogP contribution >= 0.6 is 0 Å². The molecule has 3 aromatic rings. The first-order chi connectivity index (χ1) is 16.4. The normalized spacial score (nSPS) is 17.1. The molecule has 0 aliphatic carbocycles. The smallest absolute Gasteiger partial charge is 0.229 e. The fourth-order valence-corrected chi connectivity index (χ4v) is 4.61. The standard InChI is InChI=1S/C24H29F2N7O/c1-15(2)33-8-9-34-23-18(25)10-16(11-20(23)33)22-19(26)12-27-24(30-22)29-21-13-32(14-28-21)17-4-6-31(3)7-5-17/h10-15,17H,4-9H2,1-3H3,(H,27,29,30). The second-order valence-corrected chi connectivity index (χ2v) is 9.20. The number of imidazole rings is 1. The summed E-state index contributed by atoms with van der Waals surface area (Å²) in [7, 11) is 2.13. The second-order valence-electron chi connectivity index (χ2n) is 9.20. The Morgan fingerprint density at radius 2 is 1.88 bits per heavy atom. The van der Waals surface area contributed by atoms with Gasteiger partial charge in [-0.1, -0.05) is 0 Å². The average molecular weight is 470 g/mol. The molecule has 5 rings (SSSR count). The molecule has 0 amide bonds. The Labute approximate surface area is 197 Å². The molecule has 0 unspecified atom stereocenters. The minimum Gasteiger partial charge on any atom is -0.486 e. The molecule has 2 aliphatic rings. The maximum Gasteiger partial charge on any atom is 0.229 e. The number of nitrogens with zero attached hydrogens (tertiary/aromatic N) is 6. The third-order valence-corrected chi connectivity index (χ3v) is 6.50. The third kappa shape index (κ3) is 4.42. The van der Waals surface area contributed by atoms with Crippen molar-refractivity contribution >= 4 is 17.5 Å². The van der Waals surface area contributed by atoms with Gasteiger partial charge in [0.25, 0.3) is 0 Å². The van der Waals surface area contributed by atoms with Crippen molar-refractivity contribution in [3.8, 4) is 17.0 Å². The van der Waals surface area contributed by atoms with Crippen molar-refractivity contribution in [2.75, 3.05) is 43.5 Å². The molecule has 8 nitrogen and oxygen atoms in total. The van der Waals surface area contributed by atoms with E-state index in [0.717, 1.165) is 32.1 Å². The van der Waals surface area contributed by atoms with Crippen molar-refractivity contribution in [2.45, 2.75) is 38.8 Å². The molecule has 1 N–H and O–H groups in total. The molecule has 0 spiro atoms. The highest BCUT2D eigenvalue weighted by molar-refractivity contribution is 5.73. The van der Waals surface area contributed by atoms with E-state index >= 15 is 0 Å². The number of benzene rings is 1. The van der Waals surface area contributed by atoms with Crippen molar-refractivity contribution in [3.63, 3.8) is 0 Å². The molecule has 1 aromatic carbocycles. The van der Waals surface area contributed by atoms with Crippen LogP contribution in [0.25, 0.3) is 11.3 Å². The maximum absolute atomic E-state index is 14.9. The van der Waals surface area contributed by atoms with E-state index in [1.165, 1.54) is 6.07 Å². The zero-order chi connectivity index (χ0) is 23.8. The van der Waals surface area contributed by atoms with Crippen LogP contribution in [-0.2, 0) is 0 Å². The number of aromatic nitrogens is 4. The molecular weight excluding hydrogens is 440 g/mol. The summed E-state index contributed by atoms with van der Waals surface area (Å²) in [6, 6.07) is 3.52. The predicted octanol–water partition coefficient (Wildman–Crippen LogP) is 4.24. The molecule has 0 saturated carbocycles. The lowest BCUT2D eigenvalue weighted by Crippen LogP contribution is -2.38. The van der Waals surface area contributed by atoms with Crippen molar-refractivity contribution in [3.05, 3.63) is 42.5 Å². The van der Waals surface area contributed by atoms with Gasteiger partial charge in [-0.2, -0.15) is 0 Å². The minimum absolute atomic E-state index is 0.0169. The Kier molecular flexibility index (Phi) is 6.07. The number of hydrogen-bond acceptors (Lipinski definition) is 7. The topological polar surface area (TPSA) is 71.3 Å². The molecule has 180 valence electrons. The summed E-state index contributed by atoms with van der Waals surface area (Å²) in [6.45, 7) is 7.18. The second kappa shape index (κ2) is 9.17. The lowest BCUT2D eigenvalue weighted by Gasteiger charge is -2.34. The van der Waals surface area contributed by atoms with E-state index in [-0.39, 0.29) is 23.4 Å². The molecule has 34 heavy (non-hydrogen) atoms. The zero-order valence-electron chi connectivity index (χ0n) is 19.6. The Balaban J connectivity index is 1.41. The van der Waals surface area contributed by atoms with Crippen LogP contribution in [0.3, 0.4) is 0 Å². The van der Waals surface area contributed by atoms with Crippen LogP contribution in [0, 0.1) is 11.6 Å². The number of rotatable bonds is 5. The van der Waals surface area contributed by atoms with Crippen LogP contribution in [0.1, 0.15) is 32.7 Å². The van der Waals surface area contributed by atoms with Crippen LogP contribution in [0.5, 0.6) is 5.75 Å². The molecule has 2 aliphatic heterocycles. The van der Waals surface area contributed by atoms with Crippen LogP contribution in [0.4, 0.5) is 26.2 Å². The van der Waals surface area contributed by atoms with Gasteiger partial charge in [0.2, 0.25) is 5.95 Å². The average Bonchev–Trinajstić information content (AvgIpc) is 3.28. The van der Waals surface area contributed by atoms with E-state index in [4.69, 9.17) is 4.74 Å². The van der Waals surface area contributed by atoms with Crippen LogP contribution in [0.2, 0.25) is 0 Å². The summed E-state index contributed by atoms with van der Waals surface area (Å²) in [4.78, 5) is 17.2. The lowest BCUT2D eigenvalue weighted by atomic mass is 10.1. The number of ether oxygens (including phenoxy) is 1. The number of nitrogens with one attached hydrogen (secondary N) is 1. The van der Waals surface area contributed by atoms with Crippen molar-refractivity contribution in [1.82, 2.24) is 24.4 Å². The number of piperidine rings is 1. The fraction of sp³-hybridized carbons (Fsp3) is 0.458. The van der Waals surface area contributed by atoms with Gasteiger partial charge in [0.1, 0.15) is 12.3 Å². The zero-order valence-corrected chi connectivity index (χ0v) is 19.6. The SMILES string of the molecule is CC(C)N1CCOc2c(F)cc(-c3nc(Nc4cn(C5CCN(C)CC5)cn4)ncc3F)cc21. The highest BCUT2D eigenvalue weighted by Gasteiger charge is 2.26. The molecule has 0 bridgehead atoms. The van der Waals surface area contributed by atoms with Crippen molar-refractivity contribution in [2.24, 2.45) is 0 Å².